The van der Waals surface area contributed by atoms with Crippen LogP contribution in [0.5, 0.6) is 5.75 Å². The van der Waals surface area contributed by atoms with Gasteiger partial charge in [0.15, 0.2) is 4.80 Å². The Bertz CT molecular complexity index is 1370. The third-order valence-electron chi connectivity index (χ3n) is 4.79. The summed E-state index contributed by atoms with van der Waals surface area (Å²) >= 11 is 6.30. The Hall–Kier alpha value is -2.49. The summed E-state index contributed by atoms with van der Waals surface area (Å²) in [4.78, 5) is 32.4. The van der Waals surface area contributed by atoms with E-state index in [1.165, 1.54) is 22.7 Å². The first kappa shape index (κ1) is 21.7. The number of carbonyl (C=O) groups is 1. The number of fused-ring (bicyclic) bond motifs is 1. The third-order valence-corrected chi connectivity index (χ3v) is 7.35. The van der Waals surface area contributed by atoms with Crippen LogP contribution in [0.3, 0.4) is 0 Å². The van der Waals surface area contributed by atoms with Gasteiger partial charge in [-0.15, -0.1) is 11.3 Å². The van der Waals surface area contributed by atoms with E-state index in [4.69, 9.17) is 9.47 Å². The second-order valence-electron chi connectivity index (χ2n) is 6.72. The Labute approximate surface area is 194 Å². The van der Waals surface area contributed by atoms with E-state index >= 15 is 0 Å². The lowest BCUT2D eigenvalue weighted by molar-refractivity contribution is -0.139. The van der Waals surface area contributed by atoms with E-state index < -0.39 is 12.0 Å². The monoisotopic (exact) mass is 518 g/mol. The molecule has 1 aromatic carbocycles. The molecule has 1 atom stereocenters. The molecule has 0 fully saturated rings. The van der Waals surface area contributed by atoms with Gasteiger partial charge in [-0.05, 0) is 65.7 Å². The Kier molecular flexibility index (Phi) is 6.27. The molecule has 160 valence electrons. The van der Waals surface area contributed by atoms with Crippen LogP contribution >= 0.6 is 38.6 Å². The summed E-state index contributed by atoms with van der Waals surface area (Å²) < 4.78 is 13.8. The number of aromatic nitrogens is 1. The Morgan fingerprint density at radius 3 is 2.77 bits per heavy atom. The molecule has 3 heterocycles. The molecule has 1 aliphatic rings. The summed E-state index contributed by atoms with van der Waals surface area (Å²) in [5.41, 5.74) is 1.45. The minimum atomic E-state index is -0.650. The van der Waals surface area contributed by atoms with E-state index in [1.54, 1.807) is 25.5 Å². The molecule has 3 aromatic rings. The molecule has 1 aliphatic heterocycles. The summed E-state index contributed by atoms with van der Waals surface area (Å²) in [6.45, 7) is 3.76. The van der Waals surface area contributed by atoms with Crippen molar-refractivity contribution >= 4 is 50.6 Å². The molecule has 6 nitrogen and oxygen atoms in total. The Morgan fingerprint density at radius 2 is 2.10 bits per heavy atom. The van der Waals surface area contributed by atoms with Crippen molar-refractivity contribution in [3.05, 3.63) is 81.6 Å². The molecule has 0 amide bonds. The summed E-state index contributed by atoms with van der Waals surface area (Å²) in [6.07, 6.45) is 1.85. The lowest BCUT2D eigenvalue weighted by Crippen LogP contribution is -2.39. The lowest BCUT2D eigenvalue weighted by Gasteiger charge is -2.24. The second-order valence-corrected chi connectivity index (χ2v) is 10.2. The van der Waals surface area contributed by atoms with Crippen LogP contribution in [0.25, 0.3) is 6.08 Å². The highest BCUT2D eigenvalue weighted by atomic mass is 79.9. The highest BCUT2D eigenvalue weighted by Gasteiger charge is 2.33. The second kappa shape index (κ2) is 8.94. The minimum absolute atomic E-state index is 0.199. The SMILES string of the molecule is CCOC(=O)C1=C(C)N=c2s/c(=C/c3ccc(Br)s3)c(=O)n2[C@H]1c1cccc(OC)c1. The predicted molar refractivity (Wildman–Crippen MR) is 125 cm³/mol. The van der Waals surface area contributed by atoms with Gasteiger partial charge in [0.25, 0.3) is 5.56 Å². The number of thiophene rings is 1. The lowest BCUT2D eigenvalue weighted by atomic mass is 9.95. The van der Waals surface area contributed by atoms with Crippen molar-refractivity contribution in [3.8, 4) is 5.75 Å². The van der Waals surface area contributed by atoms with Crippen molar-refractivity contribution in [2.24, 2.45) is 4.99 Å². The summed E-state index contributed by atoms with van der Waals surface area (Å²) in [5, 5.41) is 0. The standard InChI is InChI=1S/C22H19BrN2O4S2/c1-4-29-21(27)18-12(2)24-22-25(19(18)13-6-5-7-14(10-13)28-3)20(26)16(31-22)11-15-8-9-17(23)30-15/h5-11,19H,4H2,1-3H3/b16-11+/t19-/m0/s1. The number of methoxy groups -OCH3 is 1. The average Bonchev–Trinajstić information content (AvgIpc) is 3.30. The molecular formula is C22H19BrN2O4S2. The number of nitrogens with zero attached hydrogens (tertiary/aromatic N) is 2. The molecule has 0 aliphatic carbocycles. The Balaban J connectivity index is 1.97. The van der Waals surface area contributed by atoms with Gasteiger partial charge in [-0.1, -0.05) is 23.5 Å². The quantitative estimate of drug-likeness (QED) is 0.483. The summed E-state index contributed by atoms with van der Waals surface area (Å²) in [7, 11) is 1.58. The van der Waals surface area contributed by atoms with Gasteiger partial charge < -0.3 is 9.47 Å². The van der Waals surface area contributed by atoms with E-state index in [0.29, 0.717) is 26.4 Å². The molecule has 0 saturated heterocycles. The maximum Gasteiger partial charge on any atom is 0.338 e. The molecule has 0 saturated carbocycles. The van der Waals surface area contributed by atoms with Gasteiger partial charge in [-0.3, -0.25) is 9.36 Å². The number of esters is 1. The third kappa shape index (κ3) is 4.17. The minimum Gasteiger partial charge on any atom is -0.497 e. The fourth-order valence-corrected chi connectivity index (χ4v) is 5.93. The molecule has 9 heteroatoms. The maximum absolute atomic E-state index is 13.5. The zero-order valence-electron chi connectivity index (χ0n) is 17.0. The number of carbonyl (C=O) groups excluding carboxylic acids is 1. The maximum atomic E-state index is 13.5. The molecule has 0 spiro atoms. The summed E-state index contributed by atoms with van der Waals surface area (Å²) in [5.74, 6) is 0.161. The van der Waals surface area contributed by atoms with Gasteiger partial charge in [0.1, 0.15) is 5.75 Å². The molecule has 0 radical (unpaired) electrons. The molecule has 0 N–H and O–H groups in total. The number of rotatable bonds is 5. The Morgan fingerprint density at radius 1 is 1.29 bits per heavy atom. The van der Waals surface area contributed by atoms with E-state index in [9.17, 15) is 9.59 Å². The van der Waals surface area contributed by atoms with Crippen molar-refractivity contribution in [1.29, 1.82) is 0 Å². The smallest absolute Gasteiger partial charge is 0.338 e. The highest BCUT2D eigenvalue weighted by Crippen LogP contribution is 2.32. The van der Waals surface area contributed by atoms with Crippen LogP contribution in [0, 0.1) is 0 Å². The highest BCUT2D eigenvalue weighted by molar-refractivity contribution is 9.11. The fraction of sp³-hybridized carbons (Fsp3) is 0.227. The van der Waals surface area contributed by atoms with Gasteiger partial charge in [-0.2, -0.15) is 0 Å². The molecular weight excluding hydrogens is 500 g/mol. The van der Waals surface area contributed by atoms with Gasteiger partial charge in [-0.25, -0.2) is 9.79 Å². The van der Waals surface area contributed by atoms with Crippen LogP contribution < -0.4 is 19.6 Å². The first-order valence-corrected chi connectivity index (χ1v) is 11.9. The van der Waals surface area contributed by atoms with Gasteiger partial charge in [0, 0.05) is 4.88 Å². The van der Waals surface area contributed by atoms with Crippen molar-refractivity contribution in [2.45, 2.75) is 19.9 Å². The molecule has 4 rings (SSSR count). The molecule has 0 unspecified atom stereocenters. The van der Waals surface area contributed by atoms with Gasteiger partial charge in [0.05, 0.1) is 39.3 Å². The van der Waals surface area contributed by atoms with Crippen LogP contribution in [0.4, 0.5) is 0 Å². The first-order valence-electron chi connectivity index (χ1n) is 9.52. The van der Waals surface area contributed by atoms with Crippen LogP contribution in [0.15, 0.2) is 61.2 Å². The molecule has 2 aromatic heterocycles. The van der Waals surface area contributed by atoms with Crippen LogP contribution in [0.1, 0.15) is 30.3 Å². The van der Waals surface area contributed by atoms with Crippen molar-refractivity contribution in [1.82, 2.24) is 4.57 Å². The number of hydrogen-bond acceptors (Lipinski definition) is 7. The molecule has 0 bridgehead atoms. The van der Waals surface area contributed by atoms with E-state index in [-0.39, 0.29) is 12.2 Å². The molecule has 31 heavy (non-hydrogen) atoms. The van der Waals surface area contributed by atoms with E-state index in [0.717, 1.165) is 14.2 Å². The normalized spacial score (nSPS) is 16.1. The van der Waals surface area contributed by atoms with Crippen LogP contribution in [-0.2, 0) is 9.53 Å². The van der Waals surface area contributed by atoms with Crippen LogP contribution in [0.2, 0.25) is 0 Å². The van der Waals surface area contributed by atoms with Gasteiger partial charge >= 0.3 is 5.97 Å². The van der Waals surface area contributed by atoms with E-state index in [2.05, 4.69) is 20.9 Å². The predicted octanol–water partition coefficient (Wildman–Crippen LogP) is 3.63. The zero-order valence-corrected chi connectivity index (χ0v) is 20.3. The van der Waals surface area contributed by atoms with Gasteiger partial charge in [0.2, 0.25) is 0 Å². The van der Waals surface area contributed by atoms with Crippen LogP contribution in [-0.4, -0.2) is 24.3 Å². The number of halogens is 1. The number of allylic oxidation sites excluding steroid dienone is 1. The number of ether oxygens (including phenoxy) is 2. The van der Waals surface area contributed by atoms with E-state index in [1.807, 2.05) is 42.5 Å². The zero-order chi connectivity index (χ0) is 22.1. The summed E-state index contributed by atoms with van der Waals surface area (Å²) in [6, 6.07) is 10.6. The number of thiazole rings is 1. The average molecular weight is 519 g/mol. The van der Waals surface area contributed by atoms with Crippen molar-refractivity contribution in [2.75, 3.05) is 13.7 Å². The fourth-order valence-electron chi connectivity index (χ4n) is 3.45. The number of hydrogen-bond donors (Lipinski definition) is 0. The van der Waals surface area contributed by atoms with Crippen molar-refractivity contribution in [3.63, 3.8) is 0 Å². The first-order chi connectivity index (χ1) is 14.9. The topological polar surface area (TPSA) is 69.9 Å². The van der Waals surface area contributed by atoms with Crippen molar-refractivity contribution < 1.29 is 14.3 Å². The number of benzene rings is 1. The largest absolute Gasteiger partial charge is 0.497 e.